The van der Waals surface area contributed by atoms with E-state index in [4.69, 9.17) is 4.98 Å². The van der Waals surface area contributed by atoms with Crippen molar-refractivity contribution < 1.29 is 0 Å². The Kier molecular flexibility index (Phi) is 2.94. The molecule has 0 aliphatic heterocycles. The molecule has 27 heavy (non-hydrogen) atoms. The van der Waals surface area contributed by atoms with E-state index in [0.29, 0.717) is 0 Å². The van der Waals surface area contributed by atoms with Crippen molar-refractivity contribution in [1.82, 2.24) is 15.0 Å². The summed E-state index contributed by atoms with van der Waals surface area (Å²) in [4.78, 5) is 11.3. The fourth-order valence-corrected chi connectivity index (χ4v) is 4.08. The van der Waals surface area contributed by atoms with Gasteiger partial charge in [0.25, 0.3) is 0 Å². The molecule has 0 unspecified atom stereocenters. The van der Waals surface area contributed by atoms with E-state index in [9.17, 15) is 0 Å². The Bertz CT molecular complexity index is 1350. The molecule has 1 aliphatic rings. The Morgan fingerprint density at radius 3 is 2.19 bits per heavy atom. The maximum absolute atomic E-state index is 4.77. The molecule has 6 rings (SSSR count). The molecule has 2 N–H and O–H groups in total. The van der Waals surface area contributed by atoms with Crippen LogP contribution in [-0.2, 0) is 6.42 Å². The molecule has 1 aliphatic carbocycles. The highest BCUT2D eigenvalue weighted by Crippen LogP contribution is 2.35. The number of hydrogen-bond donors (Lipinski definition) is 2. The molecule has 3 aromatic heterocycles. The van der Waals surface area contributed by atoms with E-state index in [1.54, 1.807) is 0 Å². The third-order valence-electron chi connectivity index (χ3n) is 5.51. The van der Waals surface area contributed by atoms with Crippen molar-refractivity contribution in [2.45, 2.75) is 6.42 Å². The van der Waals surface area contributed by atoms with E-state index in [0.717, 1.165) is 23.2 Å². The lowest BCUT2D eigenvalue weighted by molar-refractivity contribution is 1.13. The van der Waals surface area contributed by atoms with E-state index in [1.165, 1.54) is 38.6 Å². The predicted molar refractivity (Wildman–Crippen MR) is 111 cm³/mol. The first-order valence-corrected chi connectivity index (χ1v) is 9.20. The minimum atomic E-state index is 0.896. The van der Waals surface area contributed by atoms with Crippen LogP contribution in [0.15, 0.2) is 79.3 Å². The second kappa shape index (κ2) is 5.45. The van der Waals surface area contributed by atoms with Gasteiger partial charge >= 0.3 is 0 Å². The van der Waals surface area contributed by atoms with Crippen LogP contribution in [0.1, 0.15) is 16.8 Å². The van der Waals surface area contributed by atoms with Crippen molar-refractivity contribution in [3.63, 3.8) is 0 Å². The van der Waals surface area contributed by atoms with Gasteiger partial charge in [0, 0.05) is 47.2 Å². The van der Waals surface area contributed by atoms with E-state index in [2.05, 4.69) is 70.6 Å². The van der Waals surface area contributed by atoms with Gasteiger partial charge in [-0.05, 0) is 69.9 Å². The van der Waals surface area contributed by atoms with Gasteiger partial charge in [-0.3, -0.25) is 4.98 Å². The second-order valence-electron chi connectivity index (χ2n) is 7.10. The Morgan fingerprint density at radius 2 is 1.41 bits per heavy atom. The largest absolute Gasteiger partial charge is 0.361 e. The minimum absolute atomic E-state index is 0.896. The first-order valence-electron chi connectivity index (χ1n) is 9.20. The summed E-state index contributed by atoms with van der Waals surface area (Å²) in [5.74, 6) is 0. The van der Waals surface area contributed by atoms with E-state index < -0.39 is 0 Å². The van der Waals surface area contributed by atoms with Gasteiger partial charge in [-0.25, -0.2) is 0 Å². The van der Waals surface area contributed by atoms with Crippen LogP contribution in [0.3, 0.4) is 0 Å². The number of rotatable bonds is 2. The van der Waals surface area contributed by atoms with Gasteiger partial charge < -0.3 is 9.97 Å². The Hall–Kier alpha value is -3.59. The Labute approximate surface area is 156 Å². The predicted octanol–water partition coefficient (Wildman–Crippen LogP) is 5.70. The third kappa shape index (κ3) is 2.25. The van der Waals surface area contributed by atoms with Gasteiger partial charge in [0.05, 0.1) is 5.69 Å². The topological polar surface area (TPSA) is 44.5 Å². The summed E-state index contributed by atoms with van der Waals surface area (Å²) in [6.07, 6.45) is 9.16. The van der Waals surface area contributed by atoms with E-state index in [1.807, 2.05) is 18.6 Å². The summed E-state index contributed by atoms with van der Waals surface area (Å²) in [6.45, 7) is 0. The molecule has 0 atom stereocenters. The molecule has 3 heteroatoms. The number of nitrogens with one attached hydrogen (secondary N) is 2. The minimum Gasteiger partial charge on any atom is -0.361 e. The molecule has 0 saturated heterocycles. The van der Waals surface area contributed by atoms with Crippen LogP contribution < -0.4 is 0 Å². The molecule has 0 spiro atoms. The summed E-state index contributed by atoms with van der Waals surface area (Å²) >= 11 is 0. The zero-order valence-corrected chi connectivity index (χ0v) is 14.7. The maximum Gasteiger partial charge on any atom is 0.0520 e. The molecule has 0 fully saturated rings. The Balaban J connectivity index is 1.46. The number of pyridine rings is 1. The zero-order valence-electron chi connectivity index (χ0n) is 14.7. The SMILES string of the molecule is C1=C(c2ccc3[nH]ccc3c2)c2cc(-c3ccc4[nH]ccc4c3)cnc2C1. The number of hydrogen-bond acceptors (Lipinski definition) is 1. The molecule has 128 valence electrons. The molecule has 0 saturated carbocycles. The summed E-state index contributed by atoms with van der Waals surface area (Å²) in [5, 5.41) is 2.46. The normalized spacial score (nSPS) is 13.3. The highest BCUT2D eigenvalue weighted by Gasteiger charge is 2.18. The first kappa shape index (κ1) is 14.6. The molecule has 0 amide bonds. The Morgan fingerprint density at radius 1 is 0.704 bits per heavy atom. The summed E-state index contributed by atoms with van der Waals surface area (Å²) in [5.41, 5.74) is 9.63. The van der Waals surface area contributed by atoms with Crippen LogP contribution in [0.5, 0.6) is 0 Å². The highest BCUT2D eigenvalue weighted by molar-refractivity contribution is 5.91. The maximum atomic E-state index is 4.77. The number of allylic oxidation sites excluding steroid dienone is 1. The first-order chi connectivity index (χ1) is 13.3. The van der Waals surface area contributed by atoms with Gasteiger partial charge in [-0.1, -0.05) is 18.2 Å². The number of aromatic amines is 2. The fourth-order valence-electron chi connectivity index (χ4n) is 4.08. The standard InChI is InChI=1S/C24H17N3/c1-4-22-17(7-9-25-22)11-15(1)19-13-21-20(3-6-24(21)27-14-19)16-2-5-23-18(12-16)8-10-26-23/h1-5,7-14,25-26H,6H2. The number of nitrogens with zero attached hydrogens (tertiary/aromatic N) is 1. The fraction of sp³-hybridized carbons (Fsp3) is 0.0417. The molecular weight excluding hydrogens is 330 g/mol. The monoisotopic (exact) mass is 347 g/mol. The van der Waals surface area contributed by atoms with Gasteiger partial charge in [0.1, 0.15) is 0 Å². The molecule has 2 aromatic carbocycles. The van der Waals surface area contributed by atoms with Crippen molar-refractivity contribution >= 4 is 27.4 Å². The smallest absolute Gasteiger partial charge is 0.0520 e. The van der Waals surface area contributed by atoms with Crippen LogP contribution in [0, 0.1) is 0 Å². The average Bonchev–Trinajstić information content (AvgIpc) is 3.44. The van der Waals surface area contributed by atoms with Crippen LogP contribution in [0.25, 0.3) is 38.5 Å². The molecule has 3 heterocycles. The van der Waals surface area contributed by atoms with Gasteiger partial charge in [-0.15, -0.1) is 0 Å². The van der Waals surface area contributed by atoms with Crippen LogP contribution in [0.4, 0.5) is 0 Å². The lowest BCUT2D eigenvalue weighted by Crippen LogP contribution is -1.92. The van der Waals surface area contributed by atoms with Crippen molar-refractivity contribution in [3.8, 4) is 11.1 Å². The second-order valence-corrected chi connectivity index (χ2v) is 7.10. The molecule has 5 aromatic rings. The van der Waals surface area contributed by atoms with Crippen molar-refractivity contribution in [1.29, 1.82) is 0 Å². The molecule has 0 radical (unpaired) electrons. The van der Waals surface area contributed by atoms with Crippen LogP contribution in [0.2, 0.25) is 0 Å². The highest BCUT2D eigenvalue weighted by atomic mass is 14.7. The van der Waals surface area contributed by atoms with Crippen LogP contribution >= 0.6 is 0 Å². The number of fused-ring (bicyclic) bond motifs is 3. The number of H-pyrrole nitrogens is 2. The lowest BCUT2D eigenvalue weighted by atomic mass is 9.97. The van der Waals surface area contributed by atoms with Gasteiger partial charge in [-0.2, -0.15) is 0 Å². The van der Waals surface area contributed by atoms with Crippen molar-refractivity contribution in [2.24, 2.45) is 0 Å². The van der Waals surface area contributed by atoms with Crippen LogP contribution in [-0.4, -0.2) is 15.0 Å². The molecule has 0 bridgehead atoms. The molecule has 3 nitrogen and oxygen atoms in total. The third-order valence-corrected chi connectivity index (χ3v) is 5.51. The quantitative estimate of drug-likeness (QED) is 0.423. The van der Waals surface area contributed by atoms with Crippen molar-refractivity contribution in [2.75, 3.05) is 0 Å². The van der Waals surface area contributed by atoms with Gasteiger partial charge in [0.2, 0.25) is 0 Å². The van der Waals surface area contributed by atoms with E-state index >= 15 is 0 Å². The lowest BCUT2D eigenvalue weighted by Gasteiger charge is -2.09. The molecular formula is C24H17N3. The number of aromatic nitrogens is 3. The van der Waals surface area contributed by atoms with E-state index in [-0.39, 0.29) is 0 Å². The number of benzene rings is 2. The average molecular weight is 347 g/mol. The van der Waals surface area contributed by atoms with Gasteiger partial charge in [0.15, 0.2) is 0 Å². The van der Waals surface area contributed by atoms with Crippen molar-refractivity contribution in [3.05, 3.63) is 96.1 Å². The summed E-state index contributed by atoms with van der Waals surface area (Å²) in [7, 11) is 0. The summed E-state index contributed by atoms with van der Waals surface area (Å²) in [6, 6.07) is 19.6. The zero-order chi connectivity index (χ0) is 17.8. The summed E-state index contributed by atoms with van der Waals surface area (Å²) < 4.78 is 0.